The number of carbonyl (C=O) groups excluding carboxylic acids is 1. The van der Waals surface area contributed by atoms with Crippen molar-refractivity contribution in [2.75, 3.05) is 5.32 Å². The molecule has 172 valence electrons. The number of hydrogen-bond acceptors (Lipinski definition) is 4. The number of aliphatic carboxylic acids is 1. The average Bonchev–Trinajstić information content (AvgIpc) is 2.74. The second-order valence-corrected chi connectivity index (χ2v) is 7.44. The highest BCUT2D eigenvalue weighted by atomic mass is 19.1. The zero-order chi connectivity index (χ0) is 24.3. The summed E-state index contributed by atoms with van der Waals surface area (Å²) in [7, 11) is 1.43. The van der Waals surface area contributed by atoms with E-state index in [0.29, 0.717) is 16.7 Å². The molecule has 3 aromatic rings. The number of pyridine rings is 1. The third kappa shape index (κ3) is 5.35. The van der Waals surface area contributed by atoms with E-state index in [0.717, 1.165) is 16.7 Å². The monoisotopic (exact) mass is 457 g/mol. The molecule has 1 atom stereocenters. The number of amides is 2. The molecule has 0 bridgehead atoms. The van der Waals surface area contributed by atoms with Crippen molar-refractivity contribution in [3.63, 3.8) is 0 Å². The minimum absolute atomic E-state index is 0.118. The third-order valence-corrected chi connectivity index (χ3v) is 5.05. The van der Waals surface area contributed by atoms with E-state index >= 15 is 0 Å². The van der Waals surface area contributed by atoms with Crippen LogP contribution in [0.15, 0.2) is 53.5 Å². The topological polar surface area (TPSA) is 121 Å². The molecule has 0 saturated heterocycles. The van der Waals surface area contributed by atoms with Gasteiger partial charge in [0, 0.05) is 24.9 Å². The van der Waals surface area contributed by atoms with Crippen LogP contribution in [-0.4, -0.2) is 26.8 Å². The first-order valence-electron chi connectivity index (χ1n) is 9.80. The van der Waals surface area contributed by atoms with Crippen molar-refractivity contribution >= 4 is 17.7 Å². The van der Waals surface area contributed by atoms with Gasteiger partial charge in [0.25, 0.3) is 5.56 Å². The Bertz CT molecular complexity index is 1290. The van der Waals surface area contributed by atoms with Gasteiger partial charge < -0.3 is 25.4 Å². The molecule has 0 spiro atoms. The van der Waals surface area contributed by atoms with E-state index in [1.165, 1.54) is 31.4 Å². The minimum atomic E-state index is -1.21. The molecule has 1 heterocycles. The SMILES string of the molecule is Cc1ccc(C(CC(=O)O)NC(=O)Nc2c(O)ccn(C)c2=O)cc1-c1ccc(F)cc1F. The molecule has 2 amide bonds. The van der Waals surface area contributed by atoms with E-state index in [2.05, 4.69) is 10.6 Å². The molecule has 1 aromatic heterocycles. The second kappa shape index (κ2) is 9.51. The molecule has 10 heteroatoms. The fourth-order valence-electron chi connectivity index (χ4n) is 3.33. The smallest absolute Gasteiger partial charge is 0.319 e. The van der Waals surface area contributed by atoms with Crippen molar-refractivity contribution in [3.05, 3.63) is 81.8 Å². The van der Waals surface area contributed by atoms with E-state index in [9.17, 15) is 33.4 Å². The first-order valence-corrected chi connectivity index (χ1v) is 9.80. The van der Waals surface area contributed by atoms with Crippen LogP contribution >= 0.6 is 0 Å². The fourth-order valence-corrected chi connectivity index (χ4v) is 3.33. The first-order chi connectivity index (χ1) is 15.6. The van der Waals surface area contributed by atoms with Crippen LogP contribution in [-0.2, 0) is 11.8 Å². The van der Waals surface area contributed by atoms with Crippen molar-refractivity contribution in [1.29, 1.82) is 0 Å². The number of anilines is 1. The summed E-state index contributed by atoms with van der Waals surface area (Å²) in [5.74, 6) is -3.19. The zero-order valence-corrected chi connectivity index (χ0v) is 17.7. The van der Waals surface area contributed by atoms with Crippen LogP contribution in [0.1, 0.15) is 23.6 Å². The Balaban J connectivity index is 1.94. The number of aryl methyl sites for hydroxylation is 2. The Labute approximate surface area is 187 Å². The van der Waals surface area contributed by atoms with Crippen LogP contribution in [0.5, 0.6) is 5.75 Å². The predicted molar refractivity (Wildman–Crippen MR) is 117 cm³/mol. The summed E-state index contributed by atoms with van der Waals surface area (Å²) in [6, 6.07) is 7.08. The fraction of sp³-hybridized carbons (Fsp3) is 0.174. The van der Waals surface area contributed by atoms with E-state index in [4.69, 9.17) is 0 Å². The van der Waals surface area contributed by atoms with Crippen molar-refractivity contribution in [2.45, 2.75) is 19.4 Å². The van der Waals surface area contributed by atoms with Crippen molar-refractivity contribution in [2.24, 2.45) is 7.05 Å². The van der Waals surface area contributed by atoms with E-state index in [1.807, 2.05) is 0 Å². The average molecular weight is 457 g/mol. The molecule has 1 unspecified atom stereocenters. The molecule has 0 aliphatic carbocycles. The number of urea groups is 1. The number of carboxylic acids is 1. The summed E-state index contributed by atoms with van der Waals surface area (Å²) < 4.78 is 28.8. The Morgan fingerprint density at radius 1 is 1.09 bits per heavy atom. The molecule has 0 aliphatic rings. The van der Waals surface area contributed by atoms with E-state index in [-0.39, 0.29) is 11.3 Å². The number of aromatic nitrogens is 1. The van der Waals surface area contributed by atoms with Gasteiger partial charge in [-0.2, -0.15) is 0 Å². The van der Waals surface area contributed by atoms with Gasteiger partial charge in [-0.15, -0.1) is 0 Å². The lowest BCUT2D eigenvalue weighted by Gasteiger charge is -2.20. The van der Waals surface area contributed by atoms with Gasteiger partial charge in [0.2, 0.25) is 0 Å². The zero-order valence-electron chi connectivity index (χ0n) is 17.7. The lowest BCUT2D eigenvalue weighted by Crippen LogP contribution is -2.36. The van der Waals surface area contributed by atoms with Crippen molar-refractivity contribution in [1.82, 2.24) is 9.88 Å². The molecule has 0 fully saturated rings. The van der Waals surface area contributed by atoms with Gasteiger partial charge in [0.1, 0.15) is 17.4 Å². The van der Waals surface area contributed by atoms with Crippen LogP contribution < -0.4 is 16.2 Å². The van der Waals surface area contributed by atoms with Gasteiger partial charge in [0.15, 0.2) is 5.69 Å². The number of hydrogen-bond donors (Lipinski definition) is 4. The number of aromatic hydroxyl groups is 1. The number of carboxylic acid groups (broad SMARTS) is 1. The van der Waals surface area contributed by atoms with Crippen LogP contribution in [0, 0.1) is 18.6 Å². The normalized spacial score (nSPS) is 11.6. The maximum atomic E-state index is 14.4. The van der Waals surface area contributed by atoms with Crippen LogP contribution in [0.2, 0.25) is 0 Å². The van der Waals surface area contributed by atoms with Gasteiger partial charge in [-0.25, -0.2) is 13.6 Å². The van der Waals surface area contributed by atoms with Gasteiger partial charge in [-0.1, -0.05) is 12.1 Å². The van der Waals surface area contributed by atoms with Crippen LogP contribution in [0.4, 0.5) is 19.3 Å². The summed E-state index contributed by atoms with van der Waals surface area (Å²) in [5, 5.41) is 23.9. The Morgan fingerprint density at radius 2 is 1.82 bits per heavy atom. The summed E-state index contributed by atoms with van der Waals surface area (Å²) in [5.41, 5.74) is 0.487. The number of benzene rings is 2. The number of carbonyl (C=O) groups is 2. The standard InChI is InChI=1S/C23H21F2N3O5/c1-12-3-4-13(9-16(12)15-6-5-14(24)10-17(15)25)18(11-20(30)31)26-23(33)27-21-19(29)7-8-28(2)22(21)32/h3-10,18,29H,11H2,1-2H3,(H,30,31)(H2,26,27,33). The highest BCUT2D eigenvalue weighted by Gasteiger charge is 2.21. The molecule has 0 saturated carbocycles. The lowest BCUT2D eigenvalue weighted by molar-refractivity contribution is -0.137. The van der Waals surface area contributed by atoms with Gasteiger partial charge >= 0.3 is 12.0 Å². The maximum Gasteiger partial charge on any atom is 0.319 e. The molecule has 4 N–H and O–H groups in total. The highest BCUT2D eigenvalue weighted by molar-refractivity contribution is 5.91. The van der Waals surface area contributed by atoms with E-state index in [1.54, 1.807) is 19.1 Å². The van der Waals surface area contributed by atoms with Crippen LogP contribution in [0.25, 0.3) is 11.1 Å². The predicted octanol–water partition coefficient (Wildman–Crippen LogP) is 3.68. The number of nitrogens with one attached hydrogen (secondary N) is 2. The number of nitrogens with zero attached hydrogens (tertiary/aromatic N) is 1. The summed E-state index contributed by atoms with van der Waals surface area (Å²) in [6.45, 7) is 1.71. The summed E-state index contributed by atoms with van der Waals surface area (Å²) >= 11 is 0. The second-order valence-electron chi connectivity index (χ2n) is 7.44. The third-order valence-electron chi connectivity index (χ3n) is 5.05. The molecular formula is C23H21F2N3O5. The first kappa shape index (κ1) is 23.5. The Morgan fingerprint density at radius 3 is 2.48 bits per heavy atom. The van der Waals surface area contributed by atoms with Crippen LogP contribution in [0.3, 0.4) is 0 Å². The van der Waals surface area contributed by atoms with Crippen molar-refractivity contribution < 1.29 is 28.6 Å². The summed E-state index contributed by atoms with van der Waals surface area (Å²) in [6.07, 6.45) is 0.803. The largest absolute Gasteiger partial charge is 0.505 e. The molecule has 0 radical (unpaired) electrons. The molecular weight excluding hydrogens is 436 g/mol. The van der Waals surface area contributed by atoms with Gasteiger partial charge in [-0.3, -0.25) is 9.59 Å². The summed E-state index contributed by atoms with van der Waals surface area (Å²) in [4.78, 5) is 36.1. The molecule has 0 aliphatic heterocycles. The number of halogens is 2. The molecule has 33 heavy (non-hydrogen) atoms. The van der Waals surface area contributed by atoms with E-state index < -0.39 is 47.4 Å². The van der Waals surface area contributed by atoms with Crippen molar-refractivity contribution in [3.8, 4) is 16.9 Å². The molecule has 8 nitrogen and oxygen atoms in total. The number of rotatable bonds is 6. The highest BCUT2D eigenvalue weighted by Crippen LogP contribution is 2.30. The van der Waals surface area contributed by atoms with Gasteiger partial charge in [0.05, 0.1) is 12.5 Å². The quantitative estimate of drug-likeness (QED) is 0.450. The van der Waals surface area contributed by atoms with Gasteiger partial charge in [-0.05, 0) is 47.9 Å². The Hall–Kier alpha value is -4.21. The maximum absolute atomic E-state index is 14.4. The molecule has 3 rings (SSSR count). The molecule has 2 aromatic carbocycles. The lowest BCUT2D eigenvalue weighted by atomic mass is 9.94. The Kier molecular flexibility index (Phi) is 6.76. The minimum Gasteiger partial charge on any atom is -0.505 e.